The molecule has 0 unspecified atom stereocenters. The molecule has 1 fully saturated rings. The molecule has 0 aromatic heterocycles. The van der Waals surface area contributed by atoms with Crippen LogP contribution in [0.4, 0.5) is 0 Å². The Labute approximate surface area is 113 Å². The van der Waals surface area contributed by atoms with E-state index in [2.05, 4.69) is 5.32 Å². The summed E-state index contributed by atoms with van der Waals surface area (Å²) in [4.78, 5) is 20.2. The number of hydrogen-bond donors (Lipinski definition) is 1. The second-order valence-corrected chi connectivity index (χ2v) is 3.78. The average Bonchev–Trinajstić information content (AvgIpc) is 2.87. The summed E-state index contributed by atoms with van der Waals surface area (Å²) in [6, 6.07) is 24.0. The van der Waals surface area contributed by atoms with E-state index in [1.54, 1.807) is 0 Å². The summed E-state index contributed by atoms with van der Waals surface area (Å²) in [5.41, 5.74) is 0. The van der Waals surface area contributed by atoms with Gasteiger partial charge in [-0.1, -0.05) is 72.8 Å². The van der Waals surface area contributed by atoms with Crippen LogP contribution in [0.1, 0.15) is 12.8 Å². The summed E-state index contributed by atoms with van der Waals surface area (Å²) in [5, 5.41) is 2.14. The lowest BCUT2D eigenvalue weighted by atomic mass is 10.4. The molecule has 1 N–H and O–H groups in total. The van der Waals surface area contributed by atoms with E-state index in [1.807, 2.05) is 72.8 Å². The number of imide groups is 1. The van der Waals surface area contributed by atoms with Crippen molar-refractivity contribution < 1.29 is 9.59 Å². The van der Waals surface area contributed by atoms with Gasteiger partial charge < -0.3 is 0 Å². The summed E-state index contributed by atoms with van der Waals surface area (Å²) in [6.07, 6.45) is 0.748. The molecular weight excluding hydrogens is 238 g/mol. The number of nitrogens with one attached hydrogen (secondary N) is 1. The first kappa shape index (κ1) is 14.6. The Bertz CT molecular complexity index is 370. The van der Waals surface area contributed by atoms with Crippen molar-refractivity contribution in [3.05, 3.63) is 72.8 Å². The maximum Gasteiger partial charge on any atom is 0.227 e. The first-order valence-electron chi connectivity index (χ1n) is 6.12. The van der Waals surface area contributed by atoms with Crippen LogP contribution in [0.3, 0.4) is 0 Å². The third-order valence-corrected chi connectivity index (χ3v) is 2.19. The molecule has 1 aliphatic rings. The van der Waals surface area contributed by atoms with Gasteiger partial charge in [0, 0.05) is 12.8 Å². The van der Waals surface area contributed by atoms with Crippen molar-refractivity contribution >= 4 is 11.8 Å². The molecule has 1 saturated heterocycles. The molecule has 1 aliphatic heterocycles. The van der Waals surface area contributed by atoms with E-state index in [-0.39, 0.29) is 11.8 Å². The minimum atomic E-state index is -0.148. The second kappa shape index (κ2) is 9.59. The van der Waals surface area contributed by atoms with Gasteiger partial charge in [0.25, 0.3) is 0 Å². The minimum Gasteiger partial charge on any atom is -0.296 e. The molecule has 0 radical (unpaired) electrons. The van der Waals surface area contributed by atoms with Gasteiger partial charge in [-0.2, -0.15) is 0 Å². The summed E-state index contributed by atoms with van der Waals surface area (Å²) in [5.74, 6) is -0.296. The molecule has 0 saturated carbocycles. The summed E-state index contributed by atoms with van der Waals surface area (Å²) in [6.45, 7) is 0. The van der Waals surface area contributed by atoms with Crippen molar-refractivity contribution in [2.75, 3.05) is 0 Å². The predicted molar refractivity (Wildman–Crippen MR) is 75.3 cm³/mol. The molecule has 1 heterocycles. The molecule has 98 valence electrons. The number of rotatable bonds is 0. The fourth-order valence-electron chi connectivity index (χ4n) is 1.28. The maximum absolute atomic E-state index is 10.1. The fraction of sp³-hybridized carbons (Fsp3) is 0.125. The third kappa shape index (κ3) is 8.32. The van der Waals surface area contributed by atoms with Crippen LogP contribution in [0.2, 0.25) is 0 Å². The van der Waals surface area contributed by atoms with Crippen molar-refractivity contribution in [2.24, 2.45) is 0 Å². The van der Waals surface area contributed by atoms with Crippen LogP contribution in [0, 0.1) is 0 Å². The molecule has 2 aromatic carbocycles. The number of hydrogen-bond acceptors (Lipinski definition) is 2. The summed E-state index contributed by atoms with van der Waals surface area (Å²) in [7, 11) is 0. The van der Waals surface area contributed by atoms with Gasteiger partial charge in [-0.05, 0) is 0 Å². The normalized spacial score (nSPS) is 12.4. The Kier molecular flexibility index (Phi) is 7.39. The zero-order chi connectivity index (χ0) is 13.8. The predicted octanol–water partition coefficient (Wildman–Crippen LogP) is 2.80. The van der Waals surface area contributed by atoms with Crippen molar-refractivity contribution in [2.45, 2.75) is 12.8 Å². The number of carbonyl (C=O) groups is 2. The Balaban J connectivity index is 0.000000143. The van der Waals surface area contributed by atoms with Crippen LogP contribution in [-0.2, 0) is 9.59 Å². The van der Waals surface area contributed by atoms with Gasteiger partial charge in [-0.25, -0.2) is 0 Å². The van der Waals surface area contributed by atoms with Crippen molar-refractivity contribution in [1.29, 1.82) is 0 Å². The van der Waals surface area contributed by atoms with E-state index in [0.717, 1.165) is 0 Å². The highest BCUT2D eigenvalue weighted by Crippen LogP contribution is 1.95. The highest BCUT2D eigenvalue weighted by atomic mass is 16.2. The zero-order valence-corrected chi connectivity index (χ0v) is 10.7. The average molecular weight is 255 g/mol. The molecule has 0 aliphatic carbocycles. The lowest BCUT2D eigenvalue weighted by Crippen LogP contribution is -2.18. The Morgan fingerprint density at radius 2 is 0.737 bits per heavy atom. The van der Waals surface area contributed by atoms with E-state index >= 15 is 0 Å². The molecule has 2 aromatic rings. The van der Waals surface area contributed by atoms with E-state index in [1.165, 1.54) is 0 Å². The van der Waals surface area contributed by atoms with Gasteiger partial charge in [0.2, 0.25) is 11.8 Å². The van der Waals surface area contributed by atoms with Crippen molar-refractivity contribution in [3.63, 3.8) is 0 Å². The van der Waals surface area contributed by atoms with E-state index in [0.29, 0.717) is 12.8 Å². The van der Waals surface area contributed by atoms with Crippen LogP contribution in [-0.4, -0.2) is 11.8 Å². The van der Waals surface area contributed by atoms with E-state index < -0.39 is 0 Å². The van der Waals surface area contributed by atoms with Crippen LogP contribution < -0.4 is 5.32 Å². The summed E-state index contributed by atoms with van der Waals surface area (Å²) < 4.78 is 0. The SMILES string of the molecule is O=C1CCC(=O)N1.c1ccccc1.c1ccccc1. The molecule has 2 amide bonds. The van der Waals surface area contributed by atoms with Gasteiger partial charge in [0.05, 0.1) is 0 Å². The molecule has 3 rings (SSSR count). The Morgan fingerprint density at radius 1 is 0.526 bits per heavy atom. The lowest BCUT2D eigenvalue weighted by Gasteiger charge is -1.79. The van der Waals surface area contributed by atoms with Gasteiger partial charge >= 0.3 is 0 Å². The molecule has 0 spiro atoms. The number of benzene rings is 2. The Morgan fingerprint density at radius 3 is 0.842 bits per heavy atom. The zero-order valence-electron chi connectivity index (χ0n) is 10.7. The third-order valence-electron chi connectivity index (χ3n) is 2.19. The highest BCUT2D eigenvalue weighted by Gasteiger charge is 2.15. The monoisotopic (exact) mass is 255 g/mol. The Hall–Kier alpha value is -2.42. The van der Waals surface area contributed by atoms with Gasteiger partial charge in [-0.15, -0.1) is 0 Å². The fourth-order valence-corrected chi connectivity index (χ4v) is 1.28. The molecular formula is C16H17NO2. The first-order valence-corrected chi connectivity index (χ1v) is 6.12. The molecule has 0 atom stereocenters. The maximum atomic E-state index is 10.1. The molecule has 3 heteroatoms. The van der Waals surface area contributed by atoms with Gasteiger partial charge in [-0.3, -0.25) is 14.9 Å². The van der Waals surface area contributed by atoms with Gasteiger partial charge in [0.15, 0.2) is 0 Å². The second-order valence-electron chi connectivity index (χ2n) is 3.78. The van der Waals surface area contributed by atoms with E-state index in [4.69, 9.17) is 0 Å². The van der Waals surface area contributed by atoms with Crippen LogP contribution in [0.5, 0.6) is 0 Å². The first-order chi connectivity index (χ1) is 9.29. The molecule has 19 heavy (non-hydrogen) atoms. The van der Waals surface area contributed by atoms with Crippen LogP contribution in [0.25, 0.3) is 0 Å². The topological polar surface area (TPSA) is 46.2 Å². The minimum absolute atomic E-state index is 0.148. The largest absolute Gasteiger partial charge is 0.296 e. The standard InChI is InChI=1S/2C6H6.C4H5NO2/c2*1-2-4-6-5-3-1;6-3-1-2-4(7)5-3/h2*1-6H;1-2H2,(H,5,6,7). The highest BCUT2D eigenvalue weighted by molar-refractivity contribution is 6.01. The van der Waals surface area contributed by atoms with Crippen LogP contribution >= 0.6 is 0 Å². The van der Waals surface area contributed by atoms with Crippen molar-refractivity contribution in [3.8, 4) is 0 Å². The number of carbonyl (C=O) groups excluding carboxylic acids is 2. The lowest BCUT2D eigenvalue weighted by molar-refractivity contribution is -0.124. The van der Waals surface area contributed by atoms with Crippen LogP contribution in [0.15, 0.2) is 72.8 Å². The molecule has 3 nitrogen and oxygen atoms in total. The summed E-state index contributed by atoms with van der Waals surface area (Å²) >= 11 is 0. The smallest absolute Gasteiger partial charge is 0.227 e. The van der Waals surface area contributed by atoms with E-state index in [9.17, 15) is 9.59 Å². The quantitative estimate of drug-likeness (QED) is 0.736. The number of amides is 2. The molecule has 0 bridgehead atoms. The van der Waals surface area contributed by atoms with Gasteiger partial charge in [0.1, 0.15) is 0 Å². The van der Waals surface area contributed by atoms with Crippen molar-refractivity contribution in [1.82, 2.24) is 5.32 Å².